The summed E-state index contributed by atoms with van der Waals surface area (Å²) >= 11 is 0. The van der Waals surface area contributed by atoms with Gasteiger partial charge in [-0.1, -0.05) is 121 Å². The lowest BCUT2D eigenvalue weighted by atomic mass is 9.58. The van der Waals surface area contributed by atoms with Crippen molar-refractivity contribution >= 4 is 38.1 Å². The van der Waals surface area contributed by atoms with Crippen molar-refractivity contribution in [1.82, 2.24) is 24.8 Å². The Labute approximate surface area is 626 Å². The average Bonchev–Trinajstić information content (AvgIpc) is 1.55. The highest BCUT2D eigenvalue weighted by atomic mass is 16.5. The van der Waals surface area contributed by atoms with Crippen LogP contribution in [-0.4, -0.2) is 102 Å². The minimum absolute atomic E-state index is 0.00898. The SMILES string of the molecule is CCCN(CCC)[C@@H]1CCC2=CC3=CC[C@]4(C)[C@@H](c5ccc6ccncc6c5)CC[C@H]4[C@@]34CC[C@]2(C1)O4.CCCN(CCC)[C@H]1CCC2=CC3=CC[C@]4(C)[C@@H](c5ccc6ccncc6c5)CC[C@H]4[C@@]34CC[C@]2(C1)O4.C[C@]12CC=C3C=C4CCC(=O)C[C@]45CC[C@]3(O5)[C@@H]1CC[C@@H]2c1ccc2ccncc2c1. The molecule has 0 radical (unpaired) electrons. The summed E-state index contributed by atoms with van der Waals surface area (Å²) < 4.78 is 22.3. The highest BCUT2D eigenvalue weighted by Gasteiger charge is 2.70. The topological polar surface area (TPSA) is 89.9 Å². The predicted octanol–water partition coefficient (Wildman–Crippen LogP) is 22.0. The number of aromatic nitrogens is 3. The van der Waals surface area contributed by atoms with E-state index >= 15 is 0 Å². The number of nitrogens with zero attached hydrogens (tertiary/aromatic N) is 5. The Hall–Kier alpha value is -6.20. The summed E-state index contributed by atoms with van der Waals surface area (Å²) in [7, 11) is 0. The molecule has 3 aromatic heterocycles. The number of ketones is 1. The van der Waals surface area contributed by atoms with Gasteiger partial charge in [0.2, 0.25) is 0 Å². The standard InChI is InChI=1S/2C34H44N2O.C28H29NO2/c2*1-4-18-36(19-5-2)29-9-8-27-21-28-12-14-32(3)30(25-7-6-24-13-17-35-23-26(24)20-25)10-11-31(32)34(28)16-15-33(27,22-29)37-34;1-26-10-8-22-15-21-4-5-23(30)16-27(21)11-12-28(22,31-27)25(26)7-6-24(26)19-3-2-18-9-13-29-17-20(18)14-19/h2*6-7,12-13,17,20-21,23,29-31H,4-5,8-11,14-16,18-19,22H2,1-3H3;2-3,8-9,13-15,17,24-25H,4-7,10-12,16H2,1H3/t29-,30+,31+,32+,33+,34+;29-,30-,31-,32-,33-,34-;24-,25-,26-,27-,28-/m011/s1. The Bertz CT molecular complexity index is 4430. The van der Waals surface area contributed by atoms with Crippen LogP contribution in [0.4, 0.5) is 0 Å². The molecule has 9 aliphatic carbocycles. The maximum atomic E-state index is 12.4. The molecule has 21 rings (SSSR count). The minimum Gasteiger partial charge on any atom is -0.359 e. The van der Waals surface area contributed by atoms with Crippen LogP contribution in [0.15, 0.2) is 180 Å². The smallest absolute Gasteiger partial charge is 0.136 e. The monoisotopic (exact) mass is 1400 g/mol. The quantitative estimate of drug-likeness (QED) is 0.112. The van der Waals surface area contributed by atoms with Crippen LogP contribution >= 0.6 is 0 Å². The molecular weight excluding hydrogens is 1290 g/mol. The van der Waals surface area contributed by atoms with Crippen molar-refractivity contribution in [3.8, 4) is 0 Å². The van der Waals surface area contributed by atoms with Crippen molar-refractivity contribution in [2.75, 3.05) is 26.2 Å². The highest BCUT2D eigenvalue weighted by molar-refractivity contribution is 5.85. The van der Waals surface area contributed by atoms with Crippen LogP contribution in [-0.2, 0) is 19.0 Å². The number of carbonyl (C=O) groups is 1. The first-order chi connectivity index (χ1) is 51.0. The lowest BCUT2D eigenvalue weighted by Gasteiger charge is -2.55. The Morgan fingerprint density at radius 3 is 1.12 bits per heavy atom. The van der Waals surface area contributed by atoms with Crippen LogP contribution in [0.5, 0.6) is 0 Å². The number of Topliss-reactive ketones (excluding diaryl/α,β-unsaturated/α-hetero) is 1. The second kappa shape index (κ2) is 26.0. The number of fused-ring (bicyclic) bond motifs is 6. The lowest BCUT2D eigenvalue weighted by Crippen LogP contribution is -2.55. The van der Waals surface area contributed by atoms with Crippen molar-refractivity contribution in [3.05, 3.63) is 197 Å². The van der Waals surface area contributed by atoms with Gasteiger partial charge in [-0.25, -0.2) is 0 Å². The zero-order valence-corrected chi connectivity index (χ0v) is 64.5. The van der Waals surface area contributed by atoms with Crippen LogP contribution in [0, 0.1) is 34.0 Å². The van der Waals surface area contributed by atoms with E-state index in [9.17, 15) is 4.79 Å². The van der Waals surface area contributed by atoms with E-state index in [1.807, 2.05) is 37.2 Å². The van der Waals surface area contributed by atoms with E-state index in [4.69, 9.17) is 14.2 Å². The molecule has 0 N–H and O–H groups in total. The third kappa shape index (κ3) is 10.7. The van der Waals surface area contributed by atoms with Gasteiger partial charge in [0, 0.05) is 78.3 Å². The van der Waals surface area contributed by atoms with Crippen molar-refractivity contribution in [3.63, 3.8) is 0 Å². The molecule has 3 aromatic carbocycles. The van der Waals surface area contributed by atoms with Crippen molar-refractivity contribution in [2.45, 2.75) is 292 Å². The van der Waals surface area contributed by atoms with Gasteiger partial charge in [0.15, 0.2) is 0 Å². The fourth-order valence-electron chi connectivity index (χ4n) is 27.3. The van der Waals surface area contributed by atoms with Gasteiger partial charge < -0.3 is 24.0 Å². The summed E-state index contributed by atoms with van der Waals surface area (Å²) in [4.78, 5) is 31.1. The first-order valence-corrected chi connectivity index (χ1v) is 42.4. The minimum atomic E-state index is -0.294. The van der Waals surface area contributed by atoms with Crippen LogP contribution < -0.4 is 0 Å². The molecule has 0 unspecified atom stereocenters. The van der Waals surface area contributed by atoms with Crippen LogP contribution in [0.25, 0.3) is 32.3 Å². The Kier molecular flexibility index (Phi) is 17.1. The predicted molar refractivity (Wildman–Crippen MR) is 424 cm³/mol. The number of hydrogen-bond donors (Lipinski definition) is 0. The highest BCUT2D eigenvalue weighted by Crippen LogP contribution is 2.73. The maximum absolute atomic E-state index is 12.4. The van der Waals surface area contributed by atoms with Crippen molar-refractivity contribution in [1.29, 1.82) is 0 Å². The molecule has 17 atom stereocenters. The van der Waals surface area contributed by atoms with Crippen molar-refractivity contribution in [2.24, 2.45) is 34.0 Å². The molecule has 105 heavy (non-hydrogen) atoms. The molecule has 9 heteroatoms. The number of pyridine rings is 3. The van der Waals surface area contributed by atoms with Gasteiger partial charge >= 0.3 is 0 Å². The first kappa shape index (κ1) is 69.3. The molecule has 9 fully saturated rings. The lowest BCUT2D eigenvalue weighted by molar-refractivity contribution is -0.146. The van der Waals surface area contributed by atoms with E-state index in [0.717, 1.165) is 25.7 Å². The third-order valence-electron chi connectivity index (χ3n) is 32.1. The third-order valence-corrected chi connectivity index (χ3v) is 32.1. The van der Waals surface area contributed by atoms with Gasteiger partial charge in [-0.05, 0) is 348 Å². The number of hydrogen-bond acceptors (Lipinski definition) is 9. The summed E-state index contributed by atoms with van der Waals surface area (Å²) in [6.45, 7) is 21.9. The van der Waals surface area contributed by atoms with E-state index in [1.54, 1.807) is 22.3 Å². The summed E-state index contributed by atoms with van der Waals surface area (Å²) in [6, 6.07) is 28.9. The summed E-state index contributed by atoms with van der Waals surface area (Å²) in [6.07, 6.45) is 59.7. The van der Waals surface area contributed by atoms with Gasteiger partial charge in [-0.3, -0.25) is 19.7 Å². The zero-order valence-electron chi connectivity index (χ0n) is 64.5. The second-order valence-corrected chi connectivity index (χ2v) is 37.1. The number of ether oxygens (including phenoxy) is 3. The van der Waals surface area contributed by atoms with E-state index < -0.39 is 0 Å². The molecule has 0 amide bonds. The fraction of sp³-hybridized carbons (Fsp3) is 0.583. The van der Waals surface area contributed by atoms with Crippen LogP contribution in [0.2, 0.25) is 0 Å². The molecule has 6 aliphatic heterocycles. The Morgan fingerprint density at radius 1 is 0.400 bits per heavy atom. The van der Waals surface area contributed by atoms with Gasteiger partial charge in [0.25, 0.3) is 0 Å². The molecule has 9 nitrogen and oxygen atoms in total. The maximum Gasteiger partial charge on any atom is 0.136 e. The molecule has 6 bridgehead atoms. The van der Waals surface area contributed by atoms with Crippen LogP contribution in [0.3, 0.4) is 0 Å². The molecule has 9 heterocycles. The van der Waals surface area contributed by atoms with Gasteiger partial charge in [0.05, 0.1) is 33.6 Å². The summed E-state index contributed by atoms with van der Waals surface area (Å²) in [5.41, 5.74) is 13.7. The zero-order chi connectivity index (χ0) is 71.4. The first-order valence-electron chi connectivity index (χ1n) is 42.4. The Morgan fingerprint density at radius 2 is 0.752 bits per heavy atom. The number of benzene rings is 3. The Balaban J connectivity index is 0.000000109. The van der Waals surface area contributed by atoms with Gasteiger partial charge in [0.1, 0.15) is 5.78 Å². The fourth-order valence-corrected chi connectivity index (χ4v) is 27.3. The largest absolute Gasteiger partial charge is 0.359 e. The molecule has 15 aliphatic rings. The number of allylic oxidation sites excluding steroid dienone is 3. The molecule has 6 spiro atoms. The van der Waals surface area contributed by atoms with E-state index in [2.05, 4.69) is 182 Å². The molecule has 550 valence electrons. The molecule has 6 saturated carbocycles. The summed E-state index contributed by atoms with van der Waals surface area (Å²) in [5.74, 6) is 3.82. The van der Waals surface area contributed by atoms with E-state index in [1.165, 1.54) is 228 Å². The molecule has 6 aromatic rings. The van der Waals surface area contributed by atoms with Crippen LogP contribution in [0.1, 0.15) is 263 Å². The number of rotatable bonds is 13. The summed E-state index contributed by atoms with van der Waals surface area (Å²) in [5, 5.41) is 7.63. The normalized spacial score (nSPS) is 39.0. The van der Waals surface area contributed by atoms with Gasteiger partial charge in [-0.15, -0.1) is 0 Å². The second-order valence-electron chi connectivity index (χ2n) is 37.1. The van der Waals surface area contributed by atoms with E-state index in [-0.39, 0.29) is 49.9 Å². The van der Waals surface area contributed by atoms with Gasteiger partial charge in [-0.2, -0.15) is 0 Å². The molecule has 3 saturated heterocycles. The average molecular weight is 1410 g/mol. The molecular formula is C96H117N5O4. The van der Waals surface area contributed by atoms with Crippen molar-refractivity contribution < 1.29 is 19.0 Å². The van der Waals surface area contributed by atoms with E-state index in [0.29, 0.717) is 66.2 Å². The number of carbonyl (C=O) groups excluding carboxylic acids is 1.